The maximum atomic E-state index is 13.1. The van der Waals surface area contributed by atoms with Gasteiger partial charge in [-0.3, -0.25) is 0 Å². The van der Waals surface area contributed by atoms with Gasteiger partial charge in [0.25, 0.3) is 0 Å². The predicted octanol–water partition coefficient (Wildman–Crippen LogP) is 4.92. The van der Waals surface area contributed by atoms with Crippen molar-refractivity contribution in [2.24, 2.45) is 0 Å². The van der Waals surface area contributed by atoms with Crippen LogP contribution < -0.4 is 5.32 Å². The normalized spacial score (nSPS) is 16.2. The molecule has 0 saturated carbocycles. The second kappa shape index (κ2) is 6.84. The van der Waals surface area contributed by atoms with Crippen LogP contribution in [-0.2, 0) is 6.54 Å². The molecule has 132 valence electrons. The van der Waals surface area contributed by atoms with Crippen LogP contribution in [0.5, 0.6) is 0 Å². The number of carbonyl (C=O) groups is 1. The lowest BCUT2D eigenvalue weighted by atomic mass is 10.0. The third-order valence-electron chi connectivity index (χ3n) is 4.58. The van der Waals surface area contributed by atoms with Crippen LogP contribution in [0.25, 0.3) is 0 Å². The number of anilines is 1. The van der Waals surface area contributed by atoms with Crippen molar-refractivity contribution in [3.8, 4) is 0 Å². The van der Waals surface area contributed by atoms with Gasteiger partial charge < -0.3 is 14.8 Å². The molecule has 1 atom stereocenters. The van der Waals surface area contributed by atoms with Crippen LogP contribution in [0.2, 0.25) is 5.02 Å². The number of amides is 2. The smallest absolute Gasteiger partial charge is 0.322 e. The third-order valence-corrected chi connectivity index (χ3v) is 4.83. The Morgan fingerprint density at radius 2 is 1.77 bits per heavy atom. The van der Waals surface area contributed by atoms with Crippen molar-refractivity contribution in [2.45, 2.75) is 12.6 Å². The van der Waals surface area contributed by atoms with E-state index < -0.39 is 0 Å². The first-order valence-electron chi connectivity index (χ1n) is 8.35. The average molecular weight is 370 g/mol. The largest absolute Gasteiger partial charge is 0.348 e. The summed E-state index contributed by atoms with van der Waals surface area (Å²) in [6.07, 6.45) is 2.02. The van der Waals surface area contributed by atoms with Crippen LogP contribution in [-0.4, -0.2) is 22.0 Å². The second-order valence-corrected chi connectivity index (χ2v) is 6.65. The fraction of sp³-hybridized carbons (Fsp3) is 0.150. The van der Waals surface area contributed by atoms with Gasteiger partial charge in [0, 0.05) is 35.7 Å². The Hall–Kier alpha value is -2.79. The highest BCUT2D eigenvalue weighted by Gasteiger charge is 2.32. The molecule has 1 N–H and O–H groups in total. The number of urea groups is 1. The molecule has 3 aromatic rings. The van der Waals surface area contributed by atoms with Crippen LogP contribution >= 0.6 is 11.6 Å². The molecule has 0 fully saturated rings. The minimum Gasteiger partial charge on any atom is -0.348 e. The first-order chi connectivity index (χ1) is 12.6. The van der Waals surface area contributed by atoms with E-state index in [2.05, 4.69) is 9.88 Å². The highest BCUT2D eigenvalue weighted by Crippen LogP contribution is 2.33. The molecule has 2 aromatic carbocycles. The lowest BCUT2D eigenvalue weighted by Gasteiger charge is -2.37. The molecule has 6 heteroatoms. The fourth-order valence-corrected chi connectivity index (χ4v) is 3.45. The molecule has 4 nitrogen and oxygen atoms in total. The fourth-order valence-electron chi connectivity index (χ4n) is 3.33. The minimum atomic E-state index is -0.335. The number of aromatic nitrogens is 1. The second-order valence-electron chi connectivity index (χ2n) is 6.21. The summed E-state index contributed by atoms with van der Waals surface area (Å²) in [6.45, 7) is 1.30. The van der Waals surface area contributed by atoms with Gasteiger partial charge in [0.15, 0.2) is 0 Å². The van der Waals surface area contributed by atoms with Crippen molar-refractivity contribution < 1.29 is 9.18 Å². The molecule has 0 saturated heterocycles. The molecule has 0 aliphatic carbocycles. The minimum absolute atomic E-state index is 0.212. The molecular weight excluding hydrogens is 353 g/mol. The summed E-state index contributed by atoms with van der Waals surface area (Å²) >= 11 is 6.02. The predicted molar refractivity (Wildman–Crippen MR) is 99.9 cm³/mol. The number of fused-ring (bicyclic) bond motifs is 1. The van der Waals surface area contributed by atoms with E-state index in [9.17, 15) is 9.18 Å². The Balaban J connectivity index is 1.66. The van der Waals surface area contributed by atoms with Gasteiger partial charge in [0.1, 0.15) is 5.82 Å². The zero-order valence-electron chi connectivity index (χ0n) is 13.9. The molecule has 1 aromatic heterocycles. The van der Waals surface area contributed by atoms with E-state index in [1.165, 1.54) is 12.1 Å². The van der Waals surface area contributed by atoms with Gasteiger partial charge in [-0.1, -0.05) is 23.7 Å². The van der Waals surface area contributed by atoms with Gasteiger partial charge >= 0.3 is 6.03 Å². The molecule has 0 bridgehead atoms. The highest BCUT2D eigenvalue weighted by molar-refractivity contribution is 6.30. The number of carbonyl (C=O) groups excluding carboxylic acids is 1. The van der Waals surface area contributed by atoms with Crippen LogP contribution in [0, 0.1) is 5.82 Å². The Morgan fingerprint density at radius 3 is 2.50 bits per heavy atom. The van der Waals surface area contributed by atoms with Crippen molar-refractivity contribution >= 4 is 23.3 Å². The molecule has 2 heterocycles. The van der Waals surface area contributed by atoms with E-state index in [0.29, 0.717) is 17.3 Å². The molecular formula is C20H17ClFN3O. The Bertz CT molecular complexity index is 921. The lowest BCUT2D eigenvalue weighted by molar-refractivity contribution is 0.182. The van der Waals surface area contributed by atoms with Crippen LogP contribution in [0.4, 0.5) is 14.9 Å². The van der Waals surface area contributed by atoms with E-state index >= 15 is 0 Å². The standard InChI is InChI=1S/C20H17ClFN3O/c21-15-5-3-14(4-6-15)19-18-2-1-11-24(18)12-13-25(19)20(26)23-17-9-7-16(22)8-10-17/h1-11,19H,12-13H2,(H,23,26). The van der Waals surface area contributed by atoms with E-state index in [1.807, 2.05) is 42.6 Å². The number of rotatable bonds is 2. The highest BCUT2D eigenvalue weighted by atomic mass is 35.5. The zero-order chi connectivity index (χ0) is 18.1. The first kappa shape index (κ1) is 16.7. The molecule has 1 unspecified atom stereocenters. The first-order valence-corrected chi connectivity index (χ1v) is 8.73. The Morgan fingerprint density at radius 1 is 1.04 bits per heavy atom. The van der Waals surface area contributed by atoms with Crippen LogP contribution in [0.3, 0.4) is 0 Å². The van der Waals surface area contributed by atoms with Crippen molar-refractivity contribution in [3.05, 3.63) is 89.0 Å². The molecule has 26 heavy (non-hydrogen) atoms. The van der Waals surface area contributed by atoms with Crippen LogP contribution in [0.1, 0.15) is 17.3 Å². The summed E-state index contributed by atoms with van der Waals surface area (Å²) < 4.78 is 15.2. The van der Waals surface area contributed by atoms with Gasteiger partial charge in [0.2, 0.25) is 0 Å². The summed E-state index contributed by atoms with van der Waals surface area (Å²) in [5.74, 6) is -0.335. The van der Waals surface area contributed by atoms with Crippen molar-refractivity contribution in [3.63, 3.8) is 0 Å². The quantitative estimate of drug-likeness (QED) is 0.684. The third kappa shape index (κ3) is 3.18. The number of benzene rings is 2. The molecule has 0 radical (unpaired) electrons. The maximum absolute atomic E-state index is 13.1. The van der Waals surface area contributed by atoms with Crippen LogP contribution in [0.15, 0.2) is 66.9 Å². The van der Waals surface area contributed by atoms with Gasteiger partial charge in [-0.05, 0) is 54.1 Å². The molecule has 2 amide bonds. The molecule has 0 spiro atoms. The summed E-state index contributed by atoms with van der Waals surface area (Å²) in [5, 5.41) is 3.51. The number of nitrogens with zero attached hydrogens (tertiary/aromatic N) is 2. The molecule has 4 rings (SSSR count). The van der Waals surface area contributed by atoms with E-state index in [4.69, 9.17) is 11.6 Å². The van der Waals surface area contributed by atoms with E-state index in [-0.39, 0.29) is 17.9 Å². The van der Waals surface area contributed by atoms with Gasteiger partial charge in [-0.25, -0.2) is 9.18 Å². The SMILES string of the molecule is O=C(Nc1ccc(F)cc1)N1CCn2cccc2C1c1ccc(Cl)cc1. The van der Waals surface area contributed by atoms with E-state index in [0.717, 1.165) is 17.8 Å². The average Bonchev–Trinajstić information content (AvgIpc) is 3.12. The monoisotopic (exact) mass is 369 g/mol. The number of hydrogen-bond donors (Lipinski definition) is 1. The summed E-state index contributed by atoms with van der Waals surface area (Å²) in [5.41, 5.74) is 2.60. The van der Waals surface area contributed by atoms with Gasteiger partial charge in [0.05, 0.1) is 6.04 Å². The van der Waals surface area contributed by atoms with E-state index in [1.54, 1.807) is 17.0 Å². The summed E-state index contributed by atoms with van der Waals surface area (Å²) in [4.78, 5) is 14.7. The Kier molecular flexibility index (Phi) is 4.39. The van der Waals surface area contributed by atoms with Crippen molar-refractivity contribution in [1.82, 2.24) is 9.47 Å². The van der Waals surface area contributed by atoms with Crippen molar-refractivity contribution in [2.75, 3.05) is 11.9 Å². The Labute approximate surface area is 155 Å². The summed E-state index contributed by atoms with van der Waals surface area (Å²) in [6, 6.07) is 16.9. The number of hydrogen-bond acceptors (Lipinski definition) is 1. The molecule has 1 aliphatic heterocycles. The number of nitrogens with one attached hydrogen (secondary N) is 1. The zero-order valence-corrected chi connectivity index (χ0v) is 14.7. The maximum Gasteiger partial charge on any atom is 0.322 e. The topological polar surface area (TPSA) is 37.3 Å². The van der Waals surface area contributed by atoms with Crippen molar-refractivity contribution in [1.29, 1.82) is 0 Å². The van der Waals surface area contributed by atoms with Gasteiger partial charge in [-0.15, -0.1) is 0 Å². The lowest BCUT2D eigenvalue weighted by Crippen LogP contribution is -2.44. The summed E-state index contributed by atoms with van der Waals surface area (Å²) in [7, 11) is 0. The number of halogens is 2. The van der Waals surface area contributed by atoms with Gasteiger partial charge in [-0.2, -0.15) is 0 Å². The molecule has 1 aliphatic rings.